The van der Waals surface area contributed by atoms with Crippen LogP contribution in [0.4, 0.5) is 0 Å². The molecule has 0 atom stereocenters. The molecule has 8 nitrogen and oxygen atoms in total. The third-order valence-corrected chi connectivity index (χ3v) is 6.97. The first-order chi connectivity index (χ1) is 17.3. The molecule has 36 heavy (non-hydrogen) atoms. The van der Waals surface area contributed by atoms with E-state index < -0.39 is 0 Å². The van der Waals surface area contributed by atoms with Crippen molar-refractivity contribution in [3.63, 3.8) is 0 Å². The molecule has 4 rings (SSSR count). The summed E-state index contributed by atoms with van der Waals surface area (Å²) in [4.78, 5) is 29.4. The summed E-state index contributed by atoms with van der Waals surface area (Å²) in [5.41, 5.74) is 3.91. The normalized spacial score (nSPS) is 18.5. The number of amidine groups is 2. The Morgan fingerprint density at radius 3 is 2.58 bits per heavy atom. The molecule has 0 bridgehead atoms. The van der Waals surface area contributed by atoms with Gasteiger partial charge in [0.2, 0.25) is 5.91 Å². The highest BCUT2D eigenvalue weighted by atomic mass is 16.5. The fraction of sp³-hybridized carbons (Fsp3) is 0.429. The largest absolute Gasteiger partial charge is 0.496 e. The number of hydrogen-bond acceptors (Lipinski definition) is 5. The van der Waals surface area contributed by atoms with Crippen molar-refractivity contribution >= 4 is 23.5 Å². The van der Waals surface area contributed by atoms with Gasteiger partial charge in [0.1, 0.15) is 17.4 Å². The van der Waals surface area contributed by atoms with Gasteiger partial charge in [0.25, 0.3) is 5.91 Å². The molecule has 0 spiro atoms. The quantitative estimate of drug-likeness (QED) is 0.303. The minimum Gasteiger partial charge on any atom is -0.496 e. The van der Waals surface area contributed by atoms with Gasteiger partial charge in [0.15, 0.2) is 0 Å². The molecule has 1 saturated heterocycles. The maximum absolute atomic E-state index is 13.2. The first kappa shape index (κ1) is 25.4. The molecule has 0 unspecified atom stereocenters. The van der Waals surface area contributed by atoms with Crippen molar-refractivity contribution in [2.75, 3.05) is 20.2 Å². The van der Waals surface area contributed by atoms with Crippen LogP contribution in [0.2, 0.25) is 0 Å². The first-order valence-electron chi connectivity index (χ1n) is 12.6. The van der Waals surface area contributed by atoms with Crippen molar-refractivity contribution in [3.8, 4) is 5.75 Å². The molecule has 1 aromatic carbocycles. The molecule has 190 valence electrons. The summed E-state index contributed by atoms with van der Waals surface area (Å²) < 4.78 is 5.53. The number of ether oxygens (including phenoxy) is 1. The van der Waals surface area contributed by atoms with Crippen LogP contribution in [0.15, 0.2) is 47.7 Å². The lowest BCUT2D eigenvalue weighted by atomic mass is 9.95. The SMILES string of the molecule is C/C=C(/C=C\C=C(/C)C(=N)N1CCCC1=N)NC(=O)c1cc2c(cc1OC)CCN(C(=O)C1CC1)C2. The summed E-state index contributed by atoms with van der Waals surface area (Å²) >= 11 is 0. The van der Waals surface area contributed by atoms with Crippen LogP contribution >= 0.6 is 0 Å². The molecule has 2 aliphatic heterocycles. The first-order valence-corrected chi connectivity index (χ1v) is 12.6. The Morgan fingerprint density at radius 1 is 1.17 bits per heavy atom. The Hall–Kier alpha value is -3.68. The van der Waals surface area contributed by atoms with E-state index in [1.807, 2.05) is 37.0 Å². The standard InChI is InChI=1S/C28H35N5O3/c1-4-22(8-5-7-18(2)26(30)33-13-6-9-25(33)29)31-27(34)23-15-21-17-32(28(35)19-10-11-19)14-12-20(21)16-24(23)36-3/h4-5,7-8,15-16,19,29-30H,6,9-14,17H2,1-3H3,(H,31,34)/b8-5-,18-7+,22-4-,29-25?,30-26?. The molecule has 8 heteroatoms. The summed E-state index contributed by atoms with van der Waals surface area (Å²) in [5.74, 6) is 1.46. The number of nitrogens with one attached hydrogen (secondary N) is 3. The zero-order valence-electron chi connectivity index (χ0n) is 21.3. The molecule has 2 fully saturated rings. The number of benzene rings is 1. The maximum atomic E-state index is 13.2. The molecule has 1 saturated carbocycles. The minimum atomic E-state index is -0.281. The van der Waals surface area contributed by atoms with Crippen molar-refractivity contribution in [1.29, 1.82) is 10.8 Å². The number of allylic oxidation sites excluding steroid dienone is 4. The third-order valence-electron chi connectivity index (χ3n) is 6.97. The van der Waals surface area contributed by atoms with Gasteiger partial charge in [-0.05, 0) is 74.4 Å². The van der Waals surface area contributed by atoms with Crippen LogP contribution in [-0.2, 0) is 17.8 Å². The number of rotatable bonds is 7. The lowest BCUT2D eigenvalue weighted by Crippen LogP contribution is -2.37. The van der Waals surface area contributed by atoms with Crippen LogP contribution in [0.5, 0.6) is 5.75 Å². The Bertz CT molecular complexity index is 1180. The number of carbonyl (C=O) groups is 2. The highest BCUT2D eigenvalue weighted by Gasteiger charge is 2.35. The van der Waals surface area contributed by atoms with Crippen LogP contribution in [0, 0.1) is 16.7 Å². The van der Waals surface area contributed by atoms with Gasteiger partial charge in [-0.2, -0.15) is 0 Å². The Kier molecular flexibility index (Phi) is 7.72. The molecule has 0 radical (unpaired) electrons. The molecule has 2 heterocycles. The van der Waals surface area contributed by atoms with Gasteiger partial charge in [-0.1, -0.05) is 18.2 Å². The second-order valence-electron chi connectivity index (χ2n) is 9.56. The van der Waals surface area contributed by atoms with E-state index in [-0.39, 0.29) is 17.7 Å². The van der Waals surface area contributed by atoms with Gasteiger partial charge in [-0.15, -0.1) is 0 Å². The molecule has 3 N–H and O–H groups in total. The predicted octanol–water partition coefficient (Wildman–Crippen LogP) is 4.18. The zero-order chi connectivity index (χ0) is 25.8. The van der Waals surface area contributed by atoms with Crippen LogP contribution in [0.3, 0.4) is 0 Å². The lowest BCUT2D eigenvalue weighted by molar-refractivity contribution is -0.133. The van der Waals surface area contributed by atoms with E-state index in [0.717, 1.165) is 42.4 Å². The number of amides is 2. The molecule has 1 aromatic rings. The van der Waals surface area contributed by atoms with Gasteiger partial charge in [0, 0.05) is 37.7 Å². The second-order valence-corrected chi connectivity index (χ2v) is 9.56. The summed E-state index contributed by atoms with van der Waals surface area (Å²) in [6, 6.07) is 3.77. The molecule has 3 aliphatic rings. The van der Waals surface area contributed by atoms with Crippen LogP contribution in [0.1, 0.15) is 61.0 Å². The number of hydrogen-bond donors (Lipinski definition) is 3. The number of fused-ring (bicyclic) bond motifs is 1. The summed E-state index contributed by atoms with van der Waals surface area (Å²) in [5, 5.41) is 19.2. The van der Waals surface area contributed by atoms with Gasteiger partial charge in [-0.3, -0.25) is 20.4 Å². The van der Waals surface area contributed by atoms with E-state index in [2.05, 4.69) is 5.32 Å². The zero-order valence-corrected chi connectivity index (χ0v) is 21.3. The minimum absolute atomic E-state index is 0.181. The highest BCUT2D eigenvalue weighted by molar-refractivity contribution is 6.07. The fourth-order valence-electron chi connectivity index (χ4n) is 4.63. The van der Waals surface area contributed by atoms with Crippen LogP contribution in [0.25, 0.3) is 0 Å². The van der Waals surface area contributed by atoms with E-state index in [1.54, 1.807) is 30.2 Å². The smallest absolute Gasteiger partial charge is 0.259 e. The van der Waals surface area contributed by atoms with Gasteiger partial charge >= 0.3 is 0 Å². The van der Waals surface area contributed by atoms with Crippen LogP contribution in [-0.4, -0.2) is 53.5 Å². The van der Waals surface area contributed by atoms with Crippen molar-refractivity contribution in [2.45, 2.75) is 52.5 Å². The van der Waals surface area contributed by atoms with Crippen molar-refractivity contribution in [1.82, 2.24) is 15.1 Å². The monoisotopic (exact) mass is 489 g/mol. The average Bonchev–Trinajstić information content (AvgIpc) is 3.65. The molecule has 0 aromatic heterocycles. The number of methoxy groups -OCH3 is 1. The Morgan fingerprint density at radius 2 is 1.94 bits per heavy atom. The topological polar surface area (TPSA) is 110 Å². The number of likely N-dealkylation sites (tertiary alicyclic amines) is 1. The summed E-state index contributed by atoms with van der Waals surface area (Å²) in [6.45, 7) is 5.62. The van der Waals surface area contributed by atoms with E-state index in [0.29, 0.717) is 54.7 Å². The van der Waals surface area contributed by atoms with Crippen molar-refractivity contribution in [3.05, 3.63) is 64.4 Å². The maximum Gasteiger partial charge on any atom is 0.259 e. The predicted molar refractivity (Wildman–Crippen MR) is 140 cm³/mol. The lowest BCUT2D eigenvalue weighted by Gasteiger charge is -2.30. The van der Waals surface area contributed by atoms with Crippen molar-refractivity contribution < 1.29 is 14.3 Å². The van der Waals surface area contributed by atoms with E-state index >= 15 is 0 Å². The average molecular weight is 490 g/mol. The molecular formula is C28H35N5O3. The Labute approximate surface area is 212 Å². The highest BCUT2D eigenvalue weighted by Crippen LogP contribution is 2.34. The fourth-order valence-corrected chi connectivity index (χ4v) is 4.63. The van der Waals surface area contributed by atoms with E-state index in [1.165, 1.54) is 0 Å². The van der Waals surface area contributed by atoms with Crippen LogP contribution < -0.4 is 10.1 Å². The van der Waals surface area contributed by atoms with Gasteiger partial charge in [0.05, 0.1) is 12.7 Å². The van der Waals surface area contributed by atoms with Crippen molar-refractivity contribution in [2.24, 2.45) is 5.92 Å². The number of carbonyl (C=O) groups excluding carboxylic acids is 2. The van der Waals surface area contributed by atoms with E-state index in [4.69, 9.17) is 15.6 Å². The number of nitrogens with zero attached hydrogens (tertiary/aromatic N) is 2. The Balaban J connectivity index is 1.44. The third kappa shape index (κ3) is 5.58. The molecule has 1 aliphatic carbocycles. The summed E-state index contributed by atoms with van der Waals surface area (Å²) in [6.07, 6.45) is 11.5. The molecular weight excluding hydrogens is 454 g/mol. The van der Waals surface area contributed by atoms with Gasteiger partial charge < -0.3 is 19.9 Å². The molecule has 2 amide bonds. The van der Waals surface area contributed by atoms with E-state index in [9.17, 15) is 9.59 Å². The second kappa shape index (κ2) is 10.9. The summed E-state index contributed by atoms with van der Waals surface area (Å²) in [7, 11) is 1.56. The van der Waals surface area contributed by atoms with Gasteiger partial charge in [-0.25, -0.2) is 0 Å².